The first-order valence-corrected chi connectivity index (χ1v) is 7.57. The first kappa shape index (κ1) is 15.1. The van der Waals surface area contributed by atoms with E-state index in [2.05, 4.69) is 43.5 Å². The number of nitrogens with zero attached hydrogens (tertiary/aromatic N) is 2. The van der Waals surface area contributed by atoms with E-state index in [0.717, 1.165) is 40.5 Å². The van der Waals surface area contributed by atoms with Gasteiger partial charge in [0.15, 0.2) is 0 Å². The van der Waals surface area contributed by atoms with Crippen molar-refractivity contribution in [2.75, 3.05) is 17.7 Å². The smallest absolute Gasteiger partial charge is 0.136 e. The average Bonchev–Trinajstić information content (AvgIpc) is 2.43. The SMILES string of the molecule is CCCc1nc(NC)cc(Nc2ccc(Br)c(Cl)c2)n1. The fraction of sp³-hybridized carbons (Fsp3) is 0.286. The van der Waals surface area contributed by atoms with Gasteiger partial charge in [-0.25, -0.2) is 9.97 Å². The summed E-state index contributed by atoms with van der Waals surface area (Å²) >= 11 is 9.46. The molecule has 2 aromatic rings. The summed E-state index contributed by atoms with van der Waals surface area (Å²) in [5, 5.41) is 6.96. The summed E-state index contributed by atoms with van der Waals surface area (Å²) in [5.74, 6) is 2.38. The second kappa shape index (κ2) is 6.90. The molecule has 0 radical (unpaired) electrons. The number of hydrogen-bond acceptors (Lipinski definition) is 4. The van der Waals surface area contributed by atoms with Gasteiger partial charge in [0, 0.05) is 29.7 Å². The standard InChI is InChI=1S/C14H16BrClN4/c1-3-4-12-19-13(17-2)8-14(20-12)18-9-5-6-10(15)11(16)7-9/h5-8H,3-4H2,1-2H3,(H2,17,18,19,20). The molecular weight excluding hydrogens is 340 g/mol. The molecule has 0 aliphatic rings. The molecule has 0 atom stereocenters. The minimum atomic E-state index is 0.659. The van der Waals surface area contributed by atoms with E-state index >= 15 is 0 Å². The lowest BCUT2D eigenvalue weighted by atomic mass is 10.3. The number of anilines is 3. The van der Waals surface area contributed by atoms with Crippen LogP contribution in [0.15, 0.2) is 28.7 Å². The molecule has 0 spiro atoms. The summed E-state index contributed by atoms with van der Waals surface area (Å²) in [4.78, 5) is 8.92. The third kappa shape index (κ3) is 3.84. The summed E-state index contributed by atoms with van der Waals surface area (Å²) in [5.41, 5.74) is 0.890. The highest BCUT2D eigenvalue weighted by Gasteiger charge is 2.05. The Morgan fingerprint density at radius 2 is 1.95 bits per heavy atom. The summed E-state index contributed by atoms with van der Waals surface area (Å²) < 4.78 is 0.870. The maximum absolute atomic E-state index is 6.09. The minimum absolute atomic E-state index is 0.659. The van der Waals surface area contributed by atoms with E-state index in [1.54, 1.807) is 0 Å². The van der Waals surface area contributed by atoms with Gasteiger partial charge in [0.05, 0.1) is 5.02 Å². The molecule has 106 valence electrons. The molecule has 4 nitrogen and oxygen atoms in total. The predicted octanol–water partition coefficient (Wildman–Crippen LogP) is 4.63. The molecule has 0 aliphatic carbocycles. The number of hydrogen-bond donors (Lipinski definition) is 2. The van der Waals surface area contributed by atoms with Crippen molar-refractivity contribution in [3.8, 4) is 0 Å². The molecule has 0 aliphatic heterocycles. The third-order valence-corrected chi connectivity index (χ3v) is 3.93. The zero-order valence-corrected chi connectivity index (χ0v) is 13.7. The van der Waals surface area contributed by atoms with Crippen LogP contribution in [0.4, 0.5) is 17.3 Å². The van der Waals surface area contributed by atoms with E-state index < -0.39 is 0 Å². The number of aromatic nitrogens is 2. The van der Waals surface area contributed by atoms with E-state index in [4.69, 9.17) is 11.6 Å². The fourth-order valence-corrected chi connectivity index (χ4v) is 2.17. The summed E-state index contributed by atoms with van der Waals surface area (Å²) in [6, 6.07) is 7.57. The van der Waals surface area contributed by atoms with Crippen molar-refractivity contribution in [1.29, 1.82) is 0 Å². The van der Waals surface area contributed by atoms with Crippen molar-refractivity contribution in [2.24, 2.45) is 0 Å². The van der Waals surface area contributed by atoms with Crippen LogP contribution in [0.3, 0.4) is 0 Å². The van der Waals surface area contributed by atoms with Gasteiger partial charge in [-0.2, -0.15) is 0 Å². The van der Waals surface area contributed by atoms with Crippen LogP contribution >= 0.6 is 27.5 Å². The summed E-state index contributed by atoms with van der Waals surface area (Å²) in [7, 11) is 1.85. The first-order chi connectivity index (χ1) is 9.62. The molecule has 0 unspecified atom stereocenters. The topological polar surface area (TPSA) is 49.8 Å². The zero-order valence-electron chi connectivity index (χ0n) is 11.4. The van der Waals surface area contributed by atoms with Crippen molar-refractivity contribution in [3.05, 3.63) is 39.6 Å². The highest BCUT2D eigenvalue weighted by molar-refractivity contribution is 9.10. The van der Waals surface area contributed by atoms with Crippen molar-refractivity contribution >= 4 is 44.9 Å². The number of rotatable bonds is 5. The molecular formula is C14H16BrClN4. The molecule has 0 saturated heterocycles. The van der Waals surface area contributed by atoms with E-state index in [9.17, 15) is 0 Å². The summed E-state index contributed by atoms with van der Waals surface area (Å²) in [6.07, 6.45) is 1.86. The van der Waals surface area contributed by atoms with Crippen LogP contribution in [-0.4, -0.2) is 17.0 Å². The zero-order chi connectivity index (χ0) is 14.5. The van der Waals surface area contributed by atoms with Crippen molar-refractivity contribution < 1.29 is 0 Å². The Bertz CT molecular complexity index is 604. The maximum atomic E-state index is 6.09. The molecule has 1 heterocycles. The molecule has 1 aromatic heterocycles. The molecule has 1 aromatic carbocycles. The number of nitrogens with one attached hydrogen (secondary N) is 2. The van der Waals surface area contributed by atoms with Crippen LogP contribution in [-0.2, 0) is 6.42 Å². The fourth-order valence-electron chi connectivity index (χ4n) is 1.75. The van der Waals surface area contributed by atoms with Crippen LogP contribution in [0, 0.1) is 0 Å². The normalized spacial score (nSPS) is 10.4. The minimum Gasteiger partial charge on any atom is -0.373 e. The van der Waals surface area contributed by atoms with Gasteiger partial charge < -0.3 is 10.6 Å². The highest BCUT2D eigenvalue weighted by atomic mass is 79.9. The Balaban J connectivity index is 2.27. The molecule has 0 fully saturated rings. The Kier molecular flexibility index (Phi) is 5.20. The largest absolute Gasteiger partial charge is 0.373 e. The second-order valence-electron chi connectivity index (χ2n) is 4.31. The first-order valence-electron chi connectivity index (χ1n) is 6.40. The Hall–Kier alpha value is -1.33. The maximum Gasteiger partial charge on any atom is 0.136 e. The van der Waals surface area contributed by atoms with Crippen LogP contribution in [0.2, 0.25) is 5.02 Å². The third-order valence-electron chi connectivity index (χ3n) is 2.69. The van der Waals surface area contributed by atoms with Gasteiger partial charge in [0.1, 0.15) is 17.5 Å². The van der Waals surface area contributed by atoms with Gasteiger partial charge in [0.2, 0.25) is 0 Å². The van der Waals surface area contributed by atoms with Gasteiger partial charge in [-0.05, 0) is 40.5 Å². The molecule has 0 saturated carbocycles. The van der Waals surface area contributed by atoms with Crippen LogP contribution in [0.5, 0.6) is 0 Å². The number of aryl methyl sites for hydroxylation is 1. The molecule has 0 bridgehead atoms. The van der Waals surface area contributed by atoms with Crippen molar-refractivity contribution in [3.63, 3.8) is 0 Å². The van der Waals surface area contributed by atoms with Gasteiger partial charge >= 0.3 is 0 Å². The van der Waals surface area contributed by atoms with Gasteiger partial charge in [-0.3, -0.25) is 0 Å². The molecule has 2 N–H and O–H groups in total. The second-order valence-corrected chi connectivity index (χ2v) is 5.57. The molecule has 6 heteroatoms. The van der Waals surface area contributed by atoms with Crippen LogP contribution < -0.4 is 10.6 Å². The Labute approximate surface area is 132 Å². The predicted molar refractivity (Wildman–Crippen MR) is 88.0 cm³/mol. The van der Waals surface area contributed by atoms with E-state index in [1.165, 1.54) is 0 Å². The van der Waals surface area contributed by atoms with E-state index in [0.29, 0.717) is 5.02 Å². The van der Waals surface area contributed by atoms with Gasteiger partial charge in [0.25, 0.3) is 0 Å². The lowest BCUT2D eigenvalue weighted by Gasteiger charge is -2.10. The molecule has 0 amide bonds. The highest BCUT2D eigenvalue weighted by Crippen LogP contribution is 2.27. The van der Waals surface area contributed by atoms with Gasteiger partial charge in [-0.1, -0.05) is 18.5 Å². The molecule has 20 heavy (non-hydrogen) atoms. The number of benzene rings is 1. The Morgan fingerprint density at radius 3 is 2.60 bits per heavy atom. The molecule has 2 rings (SSSR count). The van der Waals surface area contributed by atoms with Crippen LogP contribution in [0.1, 0.15) is 19.2 Å². The van der Waals surface area contributed by atoms with Gasteiger partial charge in [-0.15, -0.1) is 0 Å². The number of halogens is 2. The summed E-state index contributed by atoms with van der Waals surface area (Å²) in [6.45, 7) is 2.11. The van der Waals surface area contributed by atoms with Crippen molar-refractivity contribution in [1.82, 2.24) is 9.97 Å². The van der Waals surface area contributed by atoms with E-state index in [1.807, 2.05) is 31.3 Å². The quantitative estimate of drug-likeness (QED) is 0.821. The lowest BCUT2D eigenvalue weighted by Crippen LogP contribution is -2.03. The van der Waals surface area contributed by atoms with E-state index in [-0.39, 0.29) is 0 Å². The Morgan fingerprint density at radius 1 is 1.20 bits per heavy atom. The monoisotopic (exact) mass is 354 g/mol. The average molecular weight is 356 g/mol. The van der Waals surface area contributed by atoms with Crippen LogP contribution in [0.25, 0.3) is 0 Å². The lowest BCUT2D eigenvalue weighted by molar-refractivity contribution is 0.838. The van der Waals surface area contributed by atoms with Crippen molar-refractivity contribution in [2.45, 2.75) is 19.8 Å².